The number of nitrogens with zero attached hydrogens (tertiary/aromatic N) is 1. The Balaban J connectivity index is 1.96. The Labute approximate surface area is 109 Å². The van der Waals surface area contributed by atoms with E-state index in [1.54, 1.807) is 23.5 Å². The second-order valence-corrected chi connectivity index (χ2v) is 4.89. The summed E-state index contributed by atoms with van der Waals surface area (Å²) >= 11 is 1.61. The van der Waals surface area contributed by atoms with Gasteiger partial charge in [0.2, 0.25) is 0 Å². The van der Waals surface area contributed by atoms with Crippen LogP contribution in [0.25, 0.3) is 0 Å². The SMILES string of the molecule is Cc1csc(CNCc2ccccc2C(=O)O)n1. The van der Waals surface area contributed by atoms with Gasteiger partial charge in [0.1, 0.15) is 5.01 Å². The van der Waals surface area contributed by atoms with E-state index >= 15 is 0 Å². The predicted octanol–water partition coefficient (Wildman–Crippen LogP) is 2.44. The van der Waals surface area contributed by atoms with E-state index in [1.165, 1.54) is 0 Å². The molecule has 5 heteroatoms. The first-order chi connectivity index (χ1) is 8.66. The van der Waals surface area contributed by atoms with Crippen LogP contribution in [0.2, 0.25) is 0 Å². The van der Waals surface area contributed by atoms with Crippen LogP contribution in [0, 0.1) is 6.92 Å². The molecule has 18 heavy (non-hydrogen) atoms. The molecule has 2 N–H and O–H groups in total. The Morgan fingerprint density at radius 3 is 2.83 bits per heavy atom. The van der Waals surface area contributed by atoms with E-state index in [4.69, 9.17) is 5.11 Å². The van der Waals surface area contributed by atoms with Crippen LogP contribution in [0.1, 0.15) is 26.6 Å². The molecule has 0 aliphatic rings. The molecule has 1 aromatic carbocycles. The fourth-order valence-electron chi connectivity index (χ4n) is 1.67. The number of rotatable bonds is 5. The van der Waals surface area contributed by atoms with Gasteiger partial charge in [-0.2, -0.15) is 0 Å². The Bertz CT molecular complexity index is 551. The minimum absolute atomic E-state index is 0.348. The minimum atomic E-state index is -0.891. The molecule has 94 valence electrons. The lowest BCUT2D eigenvalue weighted by atomic mass is 10.1. The maximum absolute atomic E-state index is 11.0. The summed E-state index contributed by atoms with van der Waals surface area (Å²) in [6.45, 7) is 3.15. The smallest absolute Gasteiger partial charge is 0.336 e. The average Bonchev–Trinajstić information content (AvgIpc) is 2.75. The van der Waals surface area contributed by atoms with E-state index in [9.17, 15) is 4.79 Å². The Morgan fingerprint density at radius 2 is 2.17 bits per heavy atom. The number of aromatic nitrogens is 1. The minimum Gasteiger partial charge on any atom is -0.478 e. The van der Waals surface area contributed by atoms with Crippen LogP contribution in [0.4, 0.5) is 0 Å². The lowest BCUT2D eigenvalue weighted by Gasteiger charge is -2.06. The molecule has 0 aliphatic heterocycles. The van der Waals surface area contributed by atoms with Gasteiger partial charge >= 0.3 is 5.97 Å². The fourth-order valence-corrected chi connectivity index (χ4v) is 2.41. The summed E-state index contributed by atoms with van der Waals surface area (Å²) in [6, 6.07) is 7.02. The van der Waals surface area contributed by atoms with Gasteiger partial charge in [-0.15, -0.1) is 11.3 Å². The molecule has 0 unspecified atom stereocenters. The van der Waals surface area contributed by atoms with Crippen LogP contribution in [0.15, 0.2) is 29.6 Å². The van der Waals surface area contributed by atoms with Gasteiger partial charge in [0.15, 0.2) is 0 Å². The van der Waals surface area contributed by atoms with Crippen molar-refractivity contribution in [2.24, 2.45) is 0 Å². The molecular weight excluding hydrogens is 248 g/mol. The molecule has 0 amide bonds. The summed E-state index contributed by atoms with van der Waals surface area (Å²) in [4.78, 5) is 15.4. The molecule has 0 aliphatic carbocycles. The lowest BCUT2D eigenvalue weighted by Crippen LogP contribution is -2.15. The summed E-state index contributed by atoms with van der Waals surface area (Å²) in [6.07, 6.45) is 0. The Hall–Kier alpha value is -1.72. The second kappa shape index (κ2) is 5.75. The zero-order chi connectivity index (χ0) is 13.0. The van der Waals surface area contributed by atoms with Gasteiger partial charge in [-0.3, -0.25) is 0 Å². The number of hydrogen-bond acceptors (Lipinski definition) is 4. The third-order valence-electron chi connectivity index (χ3n) is 2.51. The van der Waals surface area contributed by atoms with Gasteiger partial charge in [-0.05, 0) is 18.6 Å². The van der Waals surface area contributed by atoms with Crippen molar-refractivity contribution in [3.05, 3.63) is 51.5 Å². The number of aryl methyl sites for hydroxylation is 1. The summed E-state index contributed by atoms with van der Waals surface area (Å²) < 4.78 is 0. The van der Waals surface area contributed by atoms with Gasteiger partial charge in [0.25, 0.3) is 0 Å². The number of carbonyl (C=O) groups is 1. The first kappa shape index (κ1) is 12.7. The van der Waals surface area contributed by atoms with Crippen molar-refractivity contribution in [1.29, 1.82) is 0 Å². The number of carboxylic acids is 1. The van der Waals surface area contributed by atoms with Gasteiger partial charge in [-0.1, -0.05) is 18.2 Å². The van der Waals surface area contributed by atoms with E-state index in [0.29, 0.717) is 18.7 Å². The second-order valence-electron chi connectivity index (χ2n) is 3.95. The van der Waals surface area contributed by atoms with Crippen LogP contribution in [0.3, 0.4) is 0 Å². The summed E-state index contributed by atoms with van der Waals surface area (Å²) in [7, 11) is 0. The highest BCUT2D eigenvalue weighted by Crippen LogP contribution is 2.10. The largest absolute Gasteiger partial charge is 0.478 e. The molecule has 1 heterocycles. The average molecular weight is 262 g/mol. The van der Waals surface area contributed by atoms with Crippen molar-refractivity contribution >= 4 is 17.3 Å². The first-order valence-electron chi connectivity index (χ1n) is 5.60. The Morgan fingerprint density at radius 1 is 1.39 bits per heavy atom. The summed E-state index contributed by atoms with van der Waals surface area (Å²) in [5, 5.41) is 15.3. The van der Waals surface area contributed by atoms with Crippen LogP contribution in [0.5, 0.6) is 0 Å². The highest BCUT2D eigenvalue weighted by Gasteiger charge is 2.08. The number of hydrogen-bond donors (Lipinski definition) is 2. The van der Waals surface area contributed by atoms with E-state index in [0.717, 1.165) is 16.3 Å². The van der Waals surface area contributed by atoms with Crippen molar-refractivity contribution in [1.82, 2.24) is 10.3 Å². The van der Waals surface area contributed by atoms with Crippen LogP contribution in [-0.2, 0) is 13.1 Å². The normalized spacial score (nSPS) is 10.5. The zero-order valence-electron chi connectivity index (χ0n) is 10.0. The van der Waals surface area contributed by atoms with Crippen LogP contribution < -0.4 is 5.32 Å². The van der Waals surface area contributed by atoms with Crippen molar-refractivity contribution in [2.75, 3.05) is 0 Å². The molecule has 4 nitrogen and oxygen atoms in total. The Kier molecular flexibility index (Phi) is 4.07. The van der Waals surface area contributed by atoms with Crippen molar-refractivity contribution < 1.29 is 9.90 Å². The van der Waals surface area contributed by atoms with Crippen molar-refractivity contribution in [3.8, 4) is 0 Å². The van der Waals surface area contributed by atoms with Gasteiger partial charge in [0.05, 0.1) is 5.56 Å². The summed E-state index contributed by atoms with van der Waals surface area (Å²) in [5.41, 5.74) is 2.15. The van der Waals surface area contributed by atoms with E-state index in [1.807, 2.05) is 24.4 Å². The number of thiazole rings is 1. The van der Waals surface area contributed by atoms with Crippen LogP contribution >= 0.6 is 11.3 Å². The number of aromatic carboxylic acids is 1. The number of nitrogens with one attached hydrogen (secondary N) is 1. The third-order valence-corrected chi connectivity index (χ3v) is 3.47. The maximum atomic E-state index is 11.0. The summed E-state index contributed by atoms with van der Waals surface area (Å²) in [5.74, 6) is -0.891. The monoisotopic (exact) mass is 262 g/mol. The third kappa shape index (κ3) is 3.15. The molecule has 0 bridgehead atoms. The van der Waals surface area contributed by atoms with Gasteiger partial charge < -0.3 is 10.4 Å². The van der Waals surface area contributed by atoms with Gasteiger partial charge in [-0.25, -0.2) is 9.78 Å². The highest BCUT2D eigenvalue weighted by molar-refractivity contribution is 7.09. The standard InChI is InChI=1S/C13H14N2O2S/c1-9-8-18-12(15-9)7-14-6-10-4-2-3-5-11(10)13(16)17/h2-5,8,14H,6-7H2,1H3,(H,16,17). The maximum Gasteiger partial charge on any atom is 0.336 e. The predicted molar refractivity (Wildman–Crippen MR) is 70.8 cm³/mol. The molecule has 0 saturated carbocycles. The lowest BCUT2D eigenvalue weighted by molar-refractivity contribution is 0.0695. The molecule has 0 radical (unpaired) electrons. The van der Waals surface area contributed by atoms with E-state index in [-0.39, 0.29) is 0 Å². The first-order valence-corrected chi connectivity index (χ1v) is 6.47. The number of carboxylic acid groups (broad SMARTS) is 1. The quantitative estimate of drug-likeness (QED) is 0.868. The van der Waals surface area contributed by atoms with Crippen molar-refractivity contribution in [3.63, 3.8) is 0 Å². The van der Waals surface area contributed by atoms with E-state index < -0.39 is 5.97 Å². The molecule has 1 aromatic heterocycles. The molecule has 2 rings (SSSR count). The highest BCUT2D eigenvalue weighted by atomic mass is 32.1. The fraction of sp³-hybridized carbons (Fsp3) is 0.231. The molecule has 0 fully saturated rings. The molecule has 2 aromatic rings. The molecule has 0 saturated heterocycles. The molecule has 0 atom stereocenters. The topological polar surface area (TPSA) is 62.2 Å². The van der Waals surface area contributed by atoms with Crippen LogP contribution in [-0.4, -0.2) is 16.1 Å². The number of benzene rings is 1. The van der Waals surface area contributed by atoms with Gasteiger partial charge in [0, 0.05) is 24.2 Å². The van der Waals surface area contributed by atoms with E-state index in [2.05, 4.69) is 10.3 Å². The molecule has 0 spiro atoms. The zero-order valence-corrected chi connectivity index (χ0v) is 10.8. The molecular formula is C13H14N2O2S. The van der Waals surface area contributed by atoms with Crippen molar-refractivity contribution in [2.45, 2.75) is 20.0 Å².